The van der Waals surface area contributed by atoms with E-state index in [0.29, 0.717) is 12.5 Å². The number of aliphatic hydroxyl groups is 1. The van der Waals surface area contributed by atoms with Gasteiger partial charge in [0.2, 0.25) is 11.8 Å². The maximum absolute atomic E-state index is 13.2. The zero-order chi connectivity index (χ0) is 27.2. The summed E-state index contributed by atoms with van der Waals surface area (Å²) >= 11 is 1.60. The van der Waals surface area contributed by atoms with Crippen molar-refractivity contribution in [2.75, 3.05) is 26.2 Å². The highest BCUT2D eigenvalue weighted by Gasteiger charge is 2.40. The van der Waals surface area contributed by atoms with Crippen molar-refractivity contribution in [3.8, 4) is 16.2 Å². The summed E-state index contributed by atoms with van der Waals surface area (Å²) in [5, 5.41) is 16.7. The molecule has 3 N–H and O–H groups in total. The van der Waals surface area contributed by atoms with Crippen LogP contribution in [-0.4, -0.2) is 65.2 Å². The number of aromatic nitrogens is 1. The first kappa shape index (κ1) is 28.5. The predicted octanol–water partition coefficient (Wildman–Crippen LogP) is 3.76. The van der Waals surface area contributed by atoms with Crippen molar-refractivity contribution in [1.29, 1.82) is 0 Å². The average molecular weight is 543 g/mol. The molecule has 38 heavy (non-hydrogen) atoms. The number of hydrogen-bond donors (Lipinski definition) is 3. The summed E-state index contributed by atoms with van der Waals surface area (Å²) in [6, 6.07) is 5.43. The van der Waals surface area contributed by atoms with Crippen LogP contribution in [0.3, 0.4) is 0 Å². The smallest absolute Gasteiger partial charge is 0.243 e. The van der Waals surface area contributed by atoms with E-state index < -0.39 is 12.1 Å². The Bertz CT molecular complexity index is 1100. The van der Waals surface area contributed by atoms with Crippen LogP contribution in [-0.2, 0) is 16.1 Å². The Hall–Kier alpha value is -2.49. The fourth-order valence-electron chi connectivity index (χ4n) is 5.21. The molecule has 2 amide bonds. The van der Waals surface area contributed by atoms with E-state index in [-0.39, 0.29) is 43.2 Å². The first-order chi connectivity index (χ1) is 18.2. The number of hydrogen-bond acceptors (Lipinski definition) is 7. The van der Waals surface area contributed by atoms with Gasteiger partial charge in [0.05, 0.1) is 28.8 Å². The second kappa shape index (κ2) is 13.0. The van der Waals surface area contributed by atoms with Crippen molar-refractivity contribution >= 4 is 23.2 Å². The molecule has 2 aliphatic rings. The number of aliphatic hydroxyl groups excluding tert-OH is 1. The number of ether oxygens (including phenoxy) is 1. The van der Waals surface area contributed by atoms with Crippen molar-refractivity contribution in [1.82, 2.24) is 20.5 Å². The Balaban J connectivity index is 1.45. The average Bonchev–Trinajstić information content (AvgIpc) is 3.52. The van der Waals surface area contributed by atoms with Crippen LogP contribution in [0.1, 0.15) is 57.7 Å². The summed E-state index contributed by atoms with van der Waals surface area (Å²) in [4.78, 5) is 33.3. The molecule has 3 unspecified atom stereocenters. The molecule has 9 heteroatoms. The highest BCUT2D eigenvalue weighted by molar-refractivity contribution is 7.13. The first-order valence-corrected chi connectivity index (χ1v) is 14.8. The molecule has 8 nitrogen and oxygen atoms in total. The number of β-amino-alcohol motifs (C(OH)–C–C–N with tert-alkyl or cyclic N) is 1. The van der Waals surface area contributed by atoms with Crippen LogP contribution in [0.15, 0.2) is 23.7 Å². The number of amides is 2. The quantitative estimate of drug-likeness (QED) is 0.423. The van der Waals surface area contributed by atoms with Crippen molar-refractivity contribution in [2.45, 2.75) is 72.1 Å². The third kappa shape index (κ3) is 6.93. The van der Waals surface area contributed by atoms with Crippen molar-refractivity contribution in [2.24, 2.45) is 17.8 Å². The standard InChI is InChI=1S/C29H42N4O4S/c1-18(2)19(3)29(36)33-16-24(34)14-25(33)28(35)31-15-23-6-5-22(27-20(4)32-17-38-27)13-26(23)37-12-9-21-7-10-30-11-8-21/h5-6,13,17-19,21,24-25,30,34H,7-12,14-16H2,1-4H3,(H,31,35). The molecule has 0 radical (unpaired) electrons. The fraction of sp³-hybridized carbons (Fsp3) is 0.621. The van der Waals surface area contributed by atoms with Crippen LogP contribution in [0.2, 0.25) is 0 Å². The molecule has 2 aromatic rings. The van der Waals surface area contributed by atoms with Gasteiger partial charge in [-0.05, 0) is 62.7 Å². The van der Waals surface area contributed by atoms with Crippen LogP contribution in [0.5, 0.6) is 5.75 Å². The SMILES string of the molecule is Cc1ncsc1-c1ccc(CNC(=O)C2CC(O)CN2C(=O)C(C)C(C)C)c(OCCC2CCNCC2)c1. The molecule has 3 heterocycles. The van der Waals surface area contributed by atoms with Gasteiger partial charge in [-0.1, -0.05) is 32.9 Å². The maximum Gasteiger partial charge on any atom is 0.243 e. The van der Waals surface area contributed by atoms with Gasteiger partial charge in [-0.3, -0.25) is 9.59 Å². The lowest BCUT2D eigenvalue weighted by molar-refractivity contribution is -0.142. The summed E-state index contributed by atoms with van der Waals surface area (Å²) < 4.78 is 6.32. The van der Waals surface area contributed by atoms with Crippen LogP contribution >= 0.6 is 11.3 Å². The van der Waals surface area contributed by atoms with E-state index in [2.05, 4.69) is 15.6 Å². The van der Waals surface area contributed by atoms with E-state index in [1.807, 2.05) is 51.4 Å². The van der Waals surface area contributed by atoms with Crippen molar-refractivity contribution < 1.29 is 19.4 Å². The van der Waals surface area contributed by atoms with Gasteiger partial charge in [0.15, 0.2) is 0 Å². The second-order valence-corrected chi connectivity index (χ2v) is 11.9. The lowest BCUT2D eigenvalue weighted by Gasteiger charge is -2.28. The normalized spacial score (nSPS) is 21.1. The molecule has 0 aliphatic carbocycles. The van der Waals surface area contributed by atoms with Crippen LogP contribution in [0, 0.1) is 24.7 Å². The molecule has 0 bridgehead atoms. The van der Waals surface area contributed by atoms with Gasteiger partial charge in [0.25, 0.3) is 0 Å². The zero-order valence-electron chi connectivity index (χ0n) is 23.0. The molecular weight excluding hydrogens is 500 g/mol. The predicted molar refractivity (Wildman–Crippen MR) is 150 cm³/mol. The lowest BCUT2D eigenvalue weighted by atomic mass is 9.95. The third-order valence-corrected chi connectivity index (χ3v) is 9.00. The number of carbonyl (C=O) groups is 2. The molecule has 0 spiro atoms. The Morgan fingerprint density at radius 2 is 2.03 bits per heavy atom. The Kier molecular flexibility index (Phi) is 9.79. The minimum Gasteiger partial charge on any atom is -0.493 e. The summed E-state index contributed by atoms with van der Waals surface area (Å²) in [5.74, 6) is 1.05. The minimum atomic E-state index is -0.690. The Morgan fingerprint density at radius 1 is 1.26 bits per heavy atom. The van der Waals surface area contributed by atoms with Gasteiger partial charge in [0, 0.05) is 31.0 Å². The number of carbonyl (C=O) groups excluding carboxylic acids is 2. The van der Waals surface area contributed by atoms with Crippen LogP contribution in [0.4, 0.5) is 0 Å². The minimum absolute atomic E-state index is 0.0806. The molecule has 0 saturated carbocycles. The van der Waals surface area contributed by atoms with Crippen molar-refractivity contribution in [3.63, 3.8) is 0 Å². The van der Waals surface area contributed by atoms with Gasteiger partial charge in [-0.2, -0.15) is 0 Å². The maximum atomic E-state index is 13.2. The number of benzene rings is 1. The molecule has 3 atom stereocenters. The largest absolute Gasteiger partial charge is 0.493 e. The summed E-state index contributed by atoms with van der Waals surface area (Å²) in [6.07, 6.45) is 2.91. The summed E-state index contributed by atoms with van der Waals surface area (Å²) in [5.41, 5.74) is 4.77. The van der Waals surface area contributed by atoms with Gasteiger partial charge in [-0.15, -0.1) is 11.3 Å². The highest BCUT2D eigenvalue weighted by atomic mass is 32.1. The number of aryl methyl sites for hydroxylation is 1. The molecule has 2 aliphatic heterocycles. The second-order valence-electron chi connectivity index (χ2n) is 11.1. The monoisotopic (exact) mass is 542 g/mol. The number of rotatable bonds is 10. The molecule has 4 rings (SSSR count). The third-order valence-electron chi connectivity index (χ3n) is 8.02. The van der Waals surface area contributed by atoms with E-state index in [0.717, 1.165) is 47.0 Å². The number of likely N-dealkylation sites (tertiary alicyclic amines) is 1. The molecule has 1 aromatic carbocycles. The number of nitrogens with zero attached hydrogens (tertiary/aromatic N) is 2. The number of piperidine rings is 1. The van der Waals surface area contributed by atoms with Crippen molar-refractivity contribution in [3.05, 3.63) is 35.0 Å². The van der Waals surface area contributed by atoms with Crippen LogP contribution < -0.4 is 15.4 Å². The molecule has 2 fully saturated rings. The molecule has 208 valence electrons. The first-order valence-electron chi connectivity index (χ1n) is 13.9. The number of nitrogens with one attached hydrogen (secondary N) is 2. The van der Waals surface area contributed by atoms with E-state index in [4.69, 9.17) is 4.74 Å². The van der Waals surface area contributed by atoms with Crippen LogP contribution in [0.25, 0.3) is 10.4 Å². The Labute approximate surface area is 230 Å². The van der Waals surface area contributed by atoms with Gasteiger partial charge in [-0.25, -0.2) is 4.98 Å². The van der Waals surface area contributed by atoms with Gasteiger partial charge in [0.1, 0.15) is 11.8 Å². The highest BCUT2D eigenvalue weighted by Crippen LogP contribution is 2.32. The van der Waals surface area contributed by atoms with E-state index >= 15 is 0 Å². The molecular formula is C29H42N4O4S. The topological polar surface area (TPSA) is 104 Å². The molecule has 1 aromatic heterocycles. The van der Waals surface area contributed by atoms with Gasteiger partial charge >= 0.3 is 0 Å². The number of thiazole rings is 1. The van der Waals surface area contributed by atoms with Gasteiger partial charge < -0.3 is 25.4 Å². The van der Waals surface area contributed by atoms with E-state index in [9.17, 15) is 14.7 Å². The summed E-state index contributed by atoms with van der Waals surface area (Å²) in [7, 11) is 0. The van der Waals surface area contributed by atoms with E-state index in [1.54, 1.807) is 16.2 Å². The van der Waals surface area contributed by atoms with E-state index in [1.165, 1.54) is 12.8 Å². The molecule has 2 saturated heterocycles. The zero-order valence-corrected chi connectivity index (χ0v) is 23.9. The Morgan fingerprint density at radius 3 is 2.71 bits per heavy atom. The summed E-state index contributed by atoms with van der Waals surface area (Å²) in [6.45, 7) is 11.1. The fourth-order valence-corrected chi connectivity index (χ4v) is 6.02. The lowest BCUT2D eigenvalue weighted by Crippen LogP contribution is -2.48.